The number of aliphatic hydroxyl groups excluding tert-OH is 1. The van der Waals surface area contributed by atoms with Crippen LogP contribution in [0.5, 0.6) is 5.75 Å². The van der Waals surface area contributed by atoms with E-state index in [0.717, 1.165) is 5.57 Å². The standard InChI is InChI=1S/C20H12O5/c21-11-3-1-2-8-14-9-4-6-12(22)18-13(23)7-5-10(15(9)18)17(14)20(25)19(24)16(8)11/h1-7,10,15,17,21-22H. The summed E-state index contributed by atoms with van der Waals surface area (Å²) in [6.07, 6.45) is 6.19. The number of carbonyl (C=O) groups excluding carboxylic acids is 3. The lowest BCUT2D eigenvalue weighted by Crippen LogP contribution is -2.36. The van der Waals surface area contributed by atoms with Crippen LogP contribution in [-0.4, -0.2) is 27.6 Å². The molecule has 5 heteroatoms. The smallest absolute Gasteiger partial charge is 0.233 e. The van der Waals surface area contributed by atoms with Gasteiger partial charge in [-0.05, 0) is 34.9 Å². The van der Waals surface area contributed by atoms with Crippen LogP contribution in [0.2, 0.25) is 0 Å². The number of aliphatic hydroxyl groups is 1. The van der Waals surface area contributed by atoms with E-state index in [9.17, 15) is 24.6 Å². The van der Waals surface area contributed by atoms with Crippen molar-refractivity contribution >= 4 is 22.9 Å². The second-order valence-electron chi connectivity index (χ2n) is 6.65. The molecule has 4 aliphatic rings. The first kappa shape index (κ1) is 14.2. The van der Waals surface area contributed by atoms with Gasteiger partial charge in [0.05, 0.1) is 11.5 Å². The van der Waals surface area contributed by atoms with Crippen molar-refractivity contribution in [2.45, 2.75) is 0 Å². The highest BCUT2D eigenvalue weighted by Crippen LogP contribution is 2.57. The van der Waals surface area contributed by atoms with Gasteiger partial charge in [-0.1, -0.05) is 24.3 Å². The number of phenolic OH excluding ortho intramolecular Hbond substituents is 1. The zero-order chi connectivity index (χ0) is 17.5. The Morgan fingerprint density at radius 2 is 1.68 bits per heavy atom. The molecule has 5 nitrogen and oxygen atoms in total. The van der Waals surface area contributed by atoms with Crippen LogP contribution in [-0.2, 0) is 9.59 Å². The van der Waals surface area contributed by atoms with Crippen LogP contribution in [0, 0.1) is 17.8 Å². The molecule has 0 fully saturated rings. The molecule has 25 heavy (non-hydrogen) atoms. The molecule has 0 amide bonds. The van der Waals surface area contributed by atoms with E-state index in [0.29, 0.717) is 11.1 Å². The number of phenols is 1. The zero-order valence-electron chi connectivity index (χ0n) is 12.9. The van der Waals surface area contributed by atoms with Crippen LogP contribution in [0.4, 0.5) is 0 Å². The summed E-state index contributed by atoms with van der Waals surface area (Å²) in [5.41, 5.74) is 2.26. The van der Waals surface area contributed by atoms with E-state index in [2.05, 4.69) is 0 Å². The molecule has 1 aromatic rings. The van der Waals surface area contributed by atoms with Crippen LogP contribution in [0.3, 0.4) is 0 Å². The summed E-state index contributed by atoms with van der Waals surface area (Å²) in [5, 5.41) is 20.3. The van der Waals surface area contributed by atoms with Gasteiger partial charge in [0.2, 0.25) is 11.6 Å². The minimum atomic E-state index is -0.704. The number of allylic oxidation sites excluding steroid dienone is 7. The topological polar surface area (TPSA) is 91.7 Å². The van der Waals surface area contributed by atoms with E-state index in [1.807, 2.05) is 0 Å². The number of hydrogen-bond acceptors (Lipinski definition) is 5. The maximum absolute atomic E-state index is 12.8. The van der Waals surface area contributed by atoms with E-state index < -0.39 is 23.4 Å². The second-order valence-corrected chi connectivity index (χ2v) is 6.65. The Bertz CT molecular complexity index is 1030. The third-order valence-electron chi connectivity index (χ3n) is 5.54. The molecule has 0 aromatic heterocycles. The molecule has 0 saturated heterocycles. The molecule has 0 spiro atoms. The predicted molar refractivity (Wildman–Crippen MR) is 87.8 cm³/mol. The molecule has 0 radical (unpaired) electrons. The lowest BCUT2D eigenvalue weighted by atomic mass is 9.70. The summed E-state index contributed by atoms with van der Waals surface area (Å²) < 4.78 is 0. The first-order valence-corrected chi connectivity index (χ1v) is 7.99. The normalized spacial score (nSPS) is 29.1. The maximum atomic E-state index is 12.8. The van der Waals surface area contributed by atoms with Crippen LogP contribution < -0.4 is 0 Å². The first-order chi connectivity index (χ1) is 12.0. The van der Waals surface area contributed by atoms with Gasteiger partial charge in [0.1, 0.15) is 11.5 Å². The summed E-state index contributed by atoms with van der Waals surface area (Å²) in [4.78, 5) is 37.6. The highest BCUT2D eigenvalue weighted by atomic mass is 16.3. The number of Topliss-reactive ketones (excluding diaryl/α,β-unsaturated/α-hetero) is 2. The van der Waals surface area contributed by atoms with E-state index >= 15 is 0 Å². The van der Waals surface area contributed by atoms with Crippen molar-refractivity contribution in [2.75, 3.05) is 0 Å². The van der Waals surface area contributed by atoms with Crippen molar-refractivity contribution in [2.24, 2.45) is 17.8 Å². The van der Waals surface area contributed by atoms with E-state index in [1.54, 1.807) is 24.3 Å². The molecule has 0 bridgehead atoms. The largest absolute Gasteiger partial charge is 0.508 e. The Balaban J connectivity index is 1.87. The average molecular weight is 332 g/mol. The minimum absolute atomic E-state index is 0.0222. The van der Waals surface area contributed by atoms with Gasteiger partial charge in [0, 0.05) is 17.4 Å². The van der Waals surface area contributed by atoms with Crippen molar-refractivity contribution in [1.29, 1.82) is 0 Å². The van der Waals surface area contributed by atoms with Crippen molar-refractivity contribution < 1.29 is 24.6 Å². The fourth-order valence-electron chi connectivity index (χ4n) is 4.59. The van der Waals surface area contributed by atoms with Crippen molar-refractivity contribution in [1.82, 2.24) is 0 Å². The van der Waals surface area contributed by atoms with Crippen molar-refractivity contribution in [3.05, 3.63) is 70.5 Å². The van der Waals surface area contributed by atoms with Crippen molar-refractivity contribution in [3.8, 4) is 5.75 Å². The molecule has 5 rings (SSSR count). The molecular weight excluding hydrogens is 320 g/mol. The van der Waals surface area contributed by atoms with E-state index in [1.165, 1.54) is 18.2 Å². The molecule has 4 aliphatic carbocycles. The molecule has 0 saturated carbocycles. The fraction of sp³-hybridized carbons (Fsp3) is 0.150. The van der Waals surface area contributed by atoms with Crippen LogP contribution in [0.25, 0.3) is 5.57 Å². The lowest BCUT2D eigenvalue weighted by molar-refractivity contribution is -0.118. The summed E-state index contributed by atoms with van der Waals surface area (Å²) in [6.45, 7) is 0. The molecule has 1 aromatic carbocycles. The maximum Gasteiger partial charge on any atom is 0.233 e. The van der Waals surface area contributed by atoms with Gasteiger partial charge in [-0.2, -0.15) is 0 Å². The monoisotopic (exact) mass is 332 g/mol. The predicted octanol–water partition coefficient (Wildman–Crippen LogP) is 2.29. The molecule has 3 atom stereocenters. The minimum Gasteiger partial charge on any atom is -0.508 e. The van der Waals surface area contributed by atoms with Crippen LogP contribution >= 0.6 is 0 Å². The lowest BCUT2D eigenvalue weighted by Gasteiger charge is -2.30. The quantitative estimate of drug-likeness (QED) is 0.711. The summed E-state index contributed by atoms with van der Waals surface area (Å²) in [6, 6.07) is 4.73. The molecule has 122 valence electrons. The van der Waals surface area contributed by atoms with E-state index in [4.69, 9.17) is 0 Å². The number of fused-ring (bicyclic) bond motifs is 4. The Labute approximate surface area is 142 Å². The Morgan fingerprint density at radius 1 is 0.880 bits per heavy atom. The molecule has 3 unspecified atom stereocenters. The van der Waals surface area contributed by atoms with Crippen LogP contribution in [0.15, 0.2) is 59.4 Å². The number of rotatable bonds is 0. The first-order valence-electron chi connectivity index (χ1n) is 7.99. The third-order valence-corrected chi connectivity index (χ3v) is 5.54. The average Bonchev–Trinajstić information content (AvgIpc) is 2.92. The number of ketones is 3. The second kappa shape index (κ2) is 4.45. The summed E-state index contributed by atoms with van der Waals surface area (Å²) in [5.74, 6) is -3.40. The molecule has 0 heterocycles. The number of carbonyl (C=O) groups is 3. The van der Waals surface area contributed by atoms with Crippen LogP contribution in [0.1, 0.15) is 15.9 Å². The Hall–Kier alpha value is -3.21. The number of hydrogen-bond donors (Lipinski definition) is 2. The highest BCUT2D eigenvalue weighted by Gasteiger charge is 2.54. The Morgan fingerprint density at radius 3 is 2.48 bits per heavy atom. The van der Waals surface area contributed by atoms with E-state index in [-0.39, 0.29) is 34.3 Å². The number of benzene rings is 1. The SMILES string of the molecule is O=C1C=CC2C3C(=C4c5cccc(O)c5C(=O)C(=O)C42)C=CC(O)=C13. The van der Waals surface area contributed by atoms with Gasteiger partial charge < -0.3 is 10.2 Å². The van der Waals surface area contributed by atoms with Gasteiger partial charge in [0.15, 0.2) is 5.78 Å². The Kier molecular flexibility index (Phi) is 2.52. The zero-order valence-corrected chi connectivity index (χ0v) is 12.9. The fourth-order valence-corrected chi connectivity index (χ4v) is 4.59. The molecular formula is C20H12O5. The van der Waals surface area contributed by atoms with Crippen molar-refractivity contribution in [3.63, 3.8) is 0 Å². The molecule has 0 aliphatic heterocycles. The summed E-state index contributed by atoms with van der Waals surface area (Å²) >= 11 is 0. The summed E-state index contributed by atoms with van der Waals surface area (Å²) in [7, 11) is 0. The van der Waals surface area contributed by atoms with Gasteiger partial charge in [0.25, 0.3) is 0 Å². The number of aromatic hydroxyl groups is 1. The van der Waals surface area contributed by atoms with Gasteiger partial charge >= 0.3 is 0 Å². The van der Waals surface area contributed by atoms with Gasteiger partial charge in [-0.25, -0.2) is 0 Å². The third kappa shape index (κ3) is 1.55. The highest BCUT2D eigenvalue weighted by molar-refractivity contribution is 6.49. The van der Waals surface area contributed by atoms with Gasteiger partial charge in [-0.15, -0.1) is 0 Å². The van der Waals surface area contributed by atoms with Gasteiger partial charge in [-0.3, -0.25) is 14.4 Å². The molecule has 2 N–H and O–H groups in total.